The Balaban J connectivity index is 1.44. The van der Waals surface area contributed by atoms with E-state index in [4.69, 9.17) is 4.52 Å². The van der Waals surface area contributed by atoms with Gasteiger partial charge in [-0.1, -0.05) is 35.5 Å². The number of hydrogen-bond acceptors (Lipinski definition) is 4. The van der Waals surface area contributed by atoms with Crippen LogP contribution < -0.4 is 4.90 Å². The highest BCUT2D eigenvalue weighted by atomic mass is 19.1. The van der Waals surface area contributed by atoms with E-state index in [9.17, 15) is 9.18 Å². The van der Waals surface area contributed by atoms with Gasteiger partial charge < -0.3 is 14.3 Å². The molecule has 1 aliphatic heterocycles. The quantitative estimate of drug-likeness (QED) is 0.725. The molecule has 2 heterocycles. The van der Waals surface area contributed by atoms with Crippen molar-refractivity contribution in [3.8, 4) is 11.3 Å². The van der Waals surface area contributed by atoms with Gasteiger partial charge in [-0.3, -0.25) is 4.79 Å². The molecule has 0 atom stereocenters. The third-order valence-corrected chi connectivity index (χ3v) is 4.56. The van der Waals surface area contributed by atoms with Crippen molar-refractivity contribution in [1.82, 2.24) is 10.1 Å². The van der Waals surface area contributed by atoms with Gasteiger partial charge in [-0.05, 0) is 24.3 Å². The number of nitrogens with zero attached hydrogens (tertiary/aromatic N) is 3. The van der Waals surface area contributed by atoms with Crippen molar-refractivity contribution < 1.29 is 13.7 Å². The molecule has 4 rings (SSSR count). The Hall–Kier alpha value is -3.15. The molecule has 132 valence electrons. The van der Waals surface area contributed by atoms with E-state index < -0.39 is 5.82 Å². The van der Waals surface area contributed by atoms with Crippen LogP contribution in [-0.4, -0.2) is 42.1 Å². The van der Waals surface area contributed by atoms with Crippen molar-refractivity contribution in [2.24, 2.45) is 0 Å². The zero-order valence-electron chi connectivity index (χ0n) is 14.1. The van der Waals surface area contributed by atoms with Gasteiger partial charge in [-0.15, -0.1) is 0 Å². The summed E-state index contributed by atoms with van der Waals surface area (Å²) in [5.74, 6) is -0.472. The van der Waals surface area contributed by atoms with Gasteiger partial charge in [0.1, 0.15) is 11.5 Å². The van der Waals surface area contributed by atoms with Gasteiger partial charge in [0, 0.05) is 43.5 Å². The molecular weight excluding hydrogens is 333 g/mol. The summed E-state index contributed by atoms with van der Waals surface area (Å²) < 4.78 is 19.0. The molecule has 2 aromatic carbocycles. The summed E-state index contributed by atoms with van der Waals surface area (Å²) in [7, 11) is 0. The molecular formula is C20H18FN3O2. The molecule has 0 radical (unpaired) electrons. The van der Waals surface area contributed by atoms with Gasteiger partial charge in [0.25, 0.3) is 5.91 Å². The normalized spacial score (nSPS) is 14.5. The van der Waals surface area contributed by atoms with E-state index in [1.165, 1.54) is 12.1 Å². The number of para-hydroxylation sites is 1. The first-order chi connectivity index (χ1) is 12.7. The van der Waals surface area contributed by atoms with Crippen LogP contribution in [0.1, 0.15) is 10.6 Å². The molecule has 1 aliphatic rings. The molecule has 1 fully saturated rings. The molecule has 1 amide bonds. The van der Waals surface area contributed by atoms with E-state index in [0.29, 0.717) is 24.3 Å². The lowest BCUT2D eigenvalue weighted by molar-refractivity contribution is 0.0705. The Bertz CT molecular complexity index is 902. The maximum Gasteiger partial charge on any atom is 0.292 e. The number of carbonyl (C=O) groups excluding carboxylic acids is 1. The monoisotopic (exact) mass is 351 g/mol. The number of anilines is 1. The Kier molecular flexibility index (Phi) is 4.39. The molecule has 5 nitrogen and oxygen atoms in total. The fourth-order valence-electron chi connectivity index (χ4n) is 3.13. The standard InChI is InChI=1S/C20H18FN3O2/c21-17-9-5-4-8-16(17)18-14-19(26-22-18)20(25)24-12-10-23(11-13-24)15-6-2-1-3-7-15/h1-9,14H,10-13H2. The summed E-state index contributed by atoms with van der Waals surface area (Å²) in [5.41, 5.74) is 1.81. The van der Waals surface area contributed by atoms with Crippen LogP contribution >= 0.6 is 0 Å². The van der Waals surface area contributed by atoms with Crippen LogP contribution in [0, 0.1) is 5.82 Å². The van der Waals surface area contributed by atoms with Crippen molar-refractivity contribution >= 4 is 11.6 Å². The summed E-state index contributed by atoms with van der Waals surface area (Å²) in [6.07, 6.45) is 0. The van der Waals surface area contributed by atoms with Gasteiger partial charge in [0.2, 0.25) is 5.76 Å². The van der Waals surface area contributed by atoms with E-state index in [1.54, 1.807) is 23.1 Å². The van der Waals surface area contributed by atoms with Crippen molar-refractivity contribution in [1.29, 1.82) is 0 Å². The molecule has 0 N–H and O–H groups in total. The predicted octanol–water partition coefficient (Wildman–Crippen LogP) is 3.44. The van der Waals surface area contributed by atoms with E-state index in [2.05, 4.69) is 22.2 Å². The first kappa shape index (κ1) is 16.3. The van der Waals surface area contributed by atoms with E-state index in [-0.39, 0.29) is 11.7 Å². The number of benzene rings is 2. The molecule has 3 aromatic rings. The van der Waals surface area contributed by atoms with Crippen LogP contribution in [0.4, 0.5) is 10.1 Å². The zero-order chi connectivity index (χ0) is 17.9. The van der Waals surface area contributed by atoms with Crippen LogP contribution in [0.15, 0.2) is 65.2 Å². The number of rotatable bonds is 3. The first-order valence-corrected chi connectivity index (χ1v) is 8.53. The SMILES string of the molecule is O=C(c1cc(-c2ccccc2F)no1)N1CCN(c2ccccc2)CC1. The van der Waals surface area contributed by atoms with Crippen LogP contribution in [0.5, 0.6) is 0 Å². The highest BCUT2D eigenvalue weighted by Crippen LogP contribution is 2.23. The number of amides is 1. The van der Waals surface area contributed by atoms with Gasteiger partial charge in [0.05, 0.1) is 0 Å². The minimum absolute atomic E-state index is 0.136. The lowest BCUT2D eigenvalue weighted by Crippen LogP contribution is -2.48. The fraction of sp³-hybridized carbons (Fsp3) is 0.200. The Morgan fingerprint density at radius 1 is 0.962 bits per heavy atom. The smallest absolute Gasteiger partial charge is 0.292 e. The third kappa shape index (κ3) is 3.18. The maximum atomic E-state index is 13.9. The Morgan fingerprint density at radius 2 is 1.65 bits per heavy atom. The minimum Gasteiger partial charge on any atom is -0.368 e. The molecule has 1 saturated heterocycles. The zero-order valence-corrected chi connectivity index (χ0v) is 14.1. The molecule has 6 heteroatoms. The highest BCUT2D eigenvalue weighted by molar-refractivity contribution is 5.92. The molecule has 0 spiro atoms. The second-order valence-electron chi connectivity index (χ2n) is 6.17. The van der Waals surface area contributed by atoms with Gasteiger partial charge in [-0.25, -0.2) is 4.39 Å². The van der Waals surface area contributed by atoms with Crippen molar-refractivity contribution in [2.45, 2.75) is 0 Å². The summed E-state index contributed by atoms with van der Waals surface area (Å²) in [6, 6.07) is 17.9. The maximum absolute atomic E-state index is 13.9. The molecule has 26 heavy (non-hydrogen) atoms. The molecule has 0 bridgehead atoms. The number of hydrogen-bond donors (Lipinski definition) is 0. The largest absolute Gasteiger partial charge is 0.368 e. The van der Waals surface area contributed by atoms with E-state index in [0.717, 1.165) is 18.8 Å². The second kappa shape index (κ2) is 7.00. The molecule has 0 unspecified atom stereocenters. The van der Waals surface area contributed by atoms with E-state index >= 15 is 0 Å². The van der Waals surface area contributed by atoms with Crippen LogP contribution in [0.2, 0.25) is 0 Å². The molecule has 1 aromatic heterocycles. The number of halogens is 1. The van der Waals surface area contributed by atoms with E-state index in [1.807, 2.05) is 18.2 Å². The summed E-state index contributed by atoms with van der Waals surface area (Å²) in [5, 5.41) is 3.85. The minimum atomic E-state index is -0.392. The second-order valence-corrected chi connectivity index (χ2v) is 6.17. The lowest BCUT2D eigenvalue weighted by Gasteiger charge is -2.35. The van der Waals surface area contributed by atoms with Crippen molar-refractivity contribution in [3.63, 3.8) is 0 Å². The van der Waals surface area contributed by atoms with Crippen LogP contribution in [0.3, 0.4) is 0 Å². The summed E-state index contributed by atoms with van der Waals surface area (Å²) in [6.45, 7) is 2.71. The topological polar surface area (TPSA) is 49.6 Å². The predicted molar refractivity (Wildman–Crippen MR) is 96.5 cm³/mol. The Morgan fingerprint density at radius 3 is 2.38 bits per heavy atom. The van der Waals surface area contributed by atoms with Gasteiger partial charge in [0.15, 0.2) is 0 Å². The lowest BCUT2D eigenvalue weighted by atomic mass is 10.1. The number of carbonyl (C=O) groups is 1. The first-order valence-electron chi connectivity index (χ1n) is 8.53. The van der Waals surface area contributed by atoms with Crippen LogP contribution in [0.25, 0.3) is 11.3 Å². The average Bonchev–Trinajstić information content (AvgIpc) is 3.18. The van der Waals surface area contributed by atoms with Crippen molar-refractivity contribution in [3.05, 3.63) is 72.2 Å². The average molecular weight is 351 g/mol. The number of aromatic nitrogens is 1. The fourth-order valence-corrected chi connectivity index (χ4v) is 3.13. The molecule has 0 aliphatic carbocycles. The number of piperazine rings is 1. The van der Waals surface area contributed by atoms with Crippen molar-refractivity contribution in [2.75, 3.05) is 31.1 Å². The third-order valence-electron chi connectivity index (χ3n) is 4.56. The van der Waals surface area contributed by atoms with Gasteiger partial charge >= 0.3 is 0 Å². The summed E-state index contributed by atoms with van der Waals surface area (Å²) >= 11 is 0. The van der Waals surface area contributed by atoms with Crippen LogP contribution in [-0.2, 0) is 0 Å². The Labute approximate surface area is 150 Å². The highest BCUT2D eigenvalue weighted by Gasteiger charge is 2.25. The summed E-state index contributed by atoms with van der Waals surface area (Å²) in [4.78, 5) is 16.6. The van der Waals surface area contributed by atoms with Gasteiger partial charge in [-0.2, -0.15) is 0 Å². The molecule has 0 saturated carbocycles.